The second-order valence-corrected chi connectivity index (χ2v) is 11.5. The average molecular weight is 461 g/mol. The first-order chi connectivity index (χ1) is 16.4. The van der Waals surface area contributed by atoms with Gasteiger partial charge in [0.15, 0.2) is 0 Å². The second kappa shape index (κ2) is 8.26. The molecule has 0 N–H and O–H groups in total. The SMILES string of the molecule is CC1(C)Cc2cc(-c3ccc(OCC4CC4)nc3)ccc2[C@@H]1N(C(=O)[O-])[C@@H]1CN2CCC1CC2. The number of fused-ring (bicyclic) bond motifs is 4. The predicted molar refractivity (Wildman–Crippen MR) is 128 cm³/mol. The van der Waals surface area contributed by atoms with Crippen molar-refractivity contribution in [1.29, 1.82) is 0 Å². The molecule has 3 saturated heterocycles. The Kier molecular flexibility index (Phi) is 5.32. The van der Waals surface area contributed by atoms with Gasteiger partial charge >= 0.3 is 0 Å². The van der Waals surface area contributed by atoms with E-state index in [0.717, 1.165) is 62.2 Å². The highest BCUT2D eigenvalue weighted by Crippen LogP contribution is 2.51. The molecule has 5 aliphatic rings. The normalized spacial score (nSPS) is 29.0. The molecule has 7 rings (SSSR count). The van der Waals surface area contributed by atoms with Crippen LogP contribution in [0.4, 0.5) is 4.79 Å². The molecule has 180 valence electrons. The third-order valence-electron chi connectivity index (χ3n) is 8.53. The van der Waals surface area contributed by atoms with Crippen molar-refractivity contribution in [2.45, 2.75) is 58.0 Å². The first kappa shape index (κ1) is 21.9. The van der Waals surface area contributed by atoms with Crippen molar-refractivity contribution in [3.63, 3.8) is 0 Å². The van der Waals surface area contributed by atoms with Crippen LogP contribution in [-0.2, 0) is 6.42 Å². The lowest BCUT2D eigenvalue weighted by Crippen LogP contribution is -2.62. The zero-order valence-electron chi connectivity index (χ0n) is 20.2. The molecule has 2 aromatic rings. The number of piperidine rings is 3. The van der Waals surface area contributed by atoms with Gasteiger partial charge in [-0.3, -0.25) is 0 Å². The number of amides is 1. The smallest absolute Gasteiger partial charge is 0.213 e. The van der Waals surface area contributed by atoms with E-state index in [-0.39, 0.29) is 17.5 Å². The van der Waals surface area contributed by atoms with Gasteiger partial charge in [0.2, 0.25) is 5.88 Å². The number of aromatic nitrogens is 1. The highest BCUT2D eigenvalue weighted by Gasteiger charge is 2.48. The Hall–Kier alpha value is -2.60. The maximum atomic E-state index is 12.6. The summed E-state index contributed by atoms with van der Waals surface area (Å²) < 4.78 is 5.78. The summed E-state index contributed by atoms with van der Waals surface area (Å²) in [5.41, 5.74) is 4.34. The van der Waals surface area contributed by atoms with E-state index in [2.05, 4.69) is 48.0 Å². The summed E-state index contributed by atoms with van der Waals surface area (Å²) in [4.78, 5) is 21.2. The van der Waals surface area contributed by atoms with Crippen molar-refractivity contribution < 1.29 is 14.6 Å². The van der Waals surface area contributed by atoms with Crippen LogP contribution in [0.5, 0.6) is 5.88 Å². The van der Waals surface area contributed by atoms with Crippen LogP contribution in [0, 0.1) is 17.3 Å². The molecule has 3 aliphatic heterocycles. The lowest BCUT2D eigenvalue weighted by atomic mass is 9.79. The number of carbonyl (C=O) groups excluding carboxylic acids is 1. The fourth-order valence-corrected chi connectivity index (χ4v) is 6.55. The van der Waals surface area contributed by atoms with E-state index in [4.69, 9.17) is 4.74 Å². The van der Waals surface area contributed by atoms with Gasteiger partial charge in [-0.25, -0.2) is 4.98 Å². The first-order valence-electron chi connectivity index (χ1n) is 12.8. The summed E-state index contributed by atoms with van der Waals surface area (Å²) in [6.45, 7) is 8.17. The summed E-state index contributed by atoms with van der Waals surface area (Å²) in [5.74, 6) is 1.82. The summed E-state index contributed by atoms with van der Waals surface area (Å²) in [5, 5.41) is 12.6. The van der Waals surface area contributed by atoms with Gasteiger partial charge in [-0.2, -0.15) is 0 Å². The minimum absolute atomic E-state index is 0.0229. The maximum Gasteiger partial charge on any atom is 0.213 e. The molecule has 2 bridgehead atoms. The van der Waals surface area contributed by atoms with Gasteiger partial charge in [0.25, 0.3) is 0 Å². The Morgan fingerprint density at radius 1 is 1.15 bits per heavy atom. The van der Waals surface area contributed by atoms with E-state index >= 15 is 0 Å². The number of pyridine rings is 1. The number of hydrogen-bond acceptors (Lipinski definition) is 5. The van der Waals surface area contributed by atoms with Crippen LogP contribution < -0.4 is 9.84 Å². The molecule has 2 aliphatic carbocycles. The first-order valence-corrected chi connectivity index (χ1v) is 12.8. The van der Waals surface area contributed by atoms with Gasteiger partial charge in [0.05, 0.1) is 12.6 Å². The number of carboxylic acid groups (broad SMARTS) is 1. The fraction of sp³-hybridized carbons (Fsp3) is 0.571. The molecule has 1 amide bonds. The fourth-order valence-electron chi connectivity index (χ4n) is 6.55. The van der Waals surface area contributed by atoms with Crippen LogP contribution in [0.15, 0.2) is 36.5 Å². The number of carbonyl (C=O) groups is 1. The van der Waals surface area contributed by atoms with E-state index in [1.54, 1.807) is 4.90 Å². The van der Waals surface area contributed by atoms with E-state index in [9.17, 15) is 9.90 Å². The van der Waals surface area contributed by atoms with E-state index in [0.29, 0.717) is 17.7 Å². The minimum atomic E-state index is -1.03. The molecule has 4 fully saturated rings. The standard InChI is InChI=1S/C28H35N3O3/c1-28(2)14-22-13-20(21-6-8-25(29-15-21)34-17-18-3-4-18)5-7-23(22)26(28)31(27(32)33)24-16-30-11-9-19(24)10-12-30/h5-8,13,15,18-19,24,26H,3-4,9-12,14,16-17H2,1-2H3,(H,32,33)/p-1/t24-,26+/m1/s1. The minimum Gasteiger partial charge on any atom is -0.530 e. The van der Waals surface area contributed by atoms with E-state index in [1.807, 2.05) is 12.3 Å². The summed E-state index contributed by atoms with van der Waals surface area (Å²) in [7, 11) is 0. The zero-order chi connectivity index (χ0) is 23.4. The summed E-state index contributed by atoms with van der Waals surface area (Å²) in [6.07, 6.45) is 6.39. The van der Waals surface area contributed by atoms with Gasteiger partial charge in [-0.1, -0.05) is 32.0 Å². The Morgan fingerprint density at radius 2 is 1.91 bits per heavy atom. The van der Waals surface area contributed by atoms with Crippen molar-refractivity contribution in [3.05, 3.63) is 47.7 Å². The topological polar surface area (TPSA) is 68.7 Å². The largest absolute Gasteiger partial charge is 0.530 e. The molecule has 0 radical (unpaired) electrons. The van der Waals surface area contributed by atoms with Gasteiger partial charge in [-0.15, -0.1) is 0 Å². The Morgan fingerprint density at radius 3 is 2.53 bits per heavy atom. The van der Waals surface area contributed by atoms with Gasteiger partial charge < -0.3 is 24.4 Å². The Balaban J connectivity index is 1.27. The number of hydrogen-bond donors (Lipinski definition) is 0. The molecular formula is C28H34N3O3-. The summed E-state index contributed by atoms with van der Waals surface area (Å²) in [6, 6.07) is 10.3. The molecule has 6 heteroatoms. The van der Waals surface area contributed by atoms with Gasteiger partial charge in [0, 0.05) is 30.4 Å². The molecule has 4 heterocycles. The Bertz CT molecular complexity index is 1070. The maximum absolute atomic E-state index is 12.6. The molecule has 1 aromatic carbocycles. The second-order valence-electron chi connectivity index (χ2n) is 11.5. The van der Waals surface area contributed by atoms with Gasteiger partial charge in [0.1, 0.15) is 6.09 Å². The number of benzene rings is 1. The summed E-state index contributed by atoms with van der Waals surface area (Å²) >= 11 is 0. The molecule has 1 aromatic heterocycles. The molecular weight excluding hydrogens is 426 g/mol. The van der Waals surface area contributed by atoms with E-state index < -0.39 is 6.09 Å². The van der Waals surface area contributed by atoms with E-state index in [1.165, 1.54) is 18.4 Å². The van der Waals surface area contributed by atoms with Crippen molar-refractivity contribution >= 4 is 6.09 Å². The molecule has 2 atom stereocenters. The van der Waals surface area contributed by atoms with Crippen molar-refractivity contribution in [3.8, 4) is 17.0 Å². The molecule has 0 unspecified atom stereocenters. The molecule has 34 heavy (non-hydrogen) atoms. The van der Waals surface area contributed by atoms with Crippen LogP contribution in [0.3, 0.4) is 0 Å². The van der Waals surface area contributed by atoms with Crippen LogP contribution in [0.25, 0.3) is 11.1 Å². The Labute approximate surface area is 201 Å². The third kappa shape index (κ3) is 3.96. The zero-order valence-corrected chi connectivity index (χ0v) is 20.2. The van der Waals surface area contributed by atoms with Crippen LogP contribution in [0.2, 0.25) is 0 Å². The van der Waals surface area contributed by atoms with Crippen molar-refractivity contribution in [2.75, 3.05) is 26.2 Å². The predicted octanol–water partition coefficient (Wildman–Crippen LogP) is 3.90. The van der Waals surface area contributed by atoms with Gasteiger partial charge in [-0.05, 0) is 85.2 Å². The highest BCUT2D eigenvalue weighted by atomic mass is 16.5. The number of ether oxygens (including phenoxy) is 1. The monoisotopic (exact) mass is 460 g/mol. The van der Waals surface area contributed by atoms with Crippen LogP contribution in [0.1, 0.15) is 56.7 Å². The molecule has 6 nitrogen and oxygen atoms in total. The third-order valence-corrected chi connectivity index (χ3v) is 8.53. The average Bonchev–Trinajstić information content (AvgIpc) is 3.62. The van der Waals surface area contributed by atoms with Crippen molar-refractivity contribution in [2.24, 2.45) is 17.3 Å². The molecule has 0 spiro atoms. The van der Waals surface area contributed by atoms with Crippen LogP contribution in [-0.4, -0.2) is 53.2 Å². The number of nitrogens with zero attached hydrogens (tertiary/aromatic N) is 3. The lowest BCUT2D eigenvalue weighted by molar-refractivity contribution is -0.276. The number of rotatable bonds is 6. The van der Waals surface area contributed by atoms with Crippen molar-refractivity contribution in [1.82, 2.24) is 14.8 Å². The highest BCUT2D eigenvalue weighted by molar-refractivity contribution is 5.68. The van der Waals surface area contributed by atoms with Crippen LogP contribution >= 0.6 is 0 Å². The molecule has 1 saturated carbocycles. The lowest BCUT2D eigenvalue weighted by Gasteiger charge is -2.53. The quantitative estimate of drug-likeness (QED) is 0.654.